The molecule has 0 unspecified atom stereocenters. The van der Waals surface area contributed by atoms with Crippen LogP contribution in [-0.2, 0) is 4.74 Å². The highest BCUT2D eigenvalue weighted by Gasteiger charge is 2.11. The number of aryl methyl sites for hydroxylation is 1. The van der Waals surface area contributed by atoms with E-state index in [1.807, 2.05) is 18.3 Å². The second-order valence-electron chi connectivity index (χ2n) is 7.36. The molecule has 3 aromatic rings. The van der Waals surface area contributed by atoms with E-state index in [1.165, 1.54) is 6.21 Å². The lowest BCUT2D eigenvalue weighted by molar-refractivity contribution is 0.0398. The molecule has 5 N–H and O–H groups in total. The summed E-state index contributed by atoms with van der Waals surface area (Å²) < 4.78 is 5.40. The Morgan fingerprint density at radius 1 is 1.23 bits per heavy atom. The number of fused-ring (bicyclic) bond motifs is 1. The van der Waals surface area contributed by atoms with Crippen LogP contribution in [0, 0.1) is 12.3 Å². The summed E-state index contributed by atoms with van der Waals surface area (Å²) in [7, 11) is 0. The van der Waals surface area contributed by atoms with Gasteiger partial charge in [-0.15, -0.1) is 0 Å². The Balaban J connectivity index is 1.49. The molecule has 0 atom stereocenters. The number of anilines is 4. The monoisotopic (exact) mass is 405 g/mol. The third-order valence-electron chi connectivity index (χ3n) is 5.35. The van der Waals surface area contributed by atoms with Crippen molar-refractivity contribution in [2.45, 2.75) is 6.92 Å². The van der Waals surface area contributed by atoms with Crippen LogP contribution in [0.15, 0.2) is 36.5 Å². The zero-order chi connectivity index (χ0) is 20.9. The standard InChI is InChI=1S/C22H27N7O/c1-15-20(25-6-7-29-8-10-30-11-9-29)5-3-17-14-26-22(28-21(15)17)27-18-4-2-16(13-23)19(24)12-18/h2-5,12-14,23,25H,6-11,24H2,1H3,(H,26,27,28). The van der Waals surface area contributed by atoms with E-state index < -0.39 is 0 Å². The van der Waals surface area contributed by atoms with Crippen molar-refractivity contribution in [2.24, 2.45) is 0 Å². The average molecular weight is 406 g/mol. The van der Waals surface area contributed by atoms with Crippen molar-refractivity contribution >= 4 is 40.1 Å². The van der Waals surface area contributed by atoms with Gasteiger partial charge >= 0.3 is 0 Å². The van der Waals surface area contributed by atoms with E-state index in [4.69, 9.17) is 20.9 Å². The molecule has 2 aromatic carbocycles. The van der Waals surface area contributed by atoms with Gasteiger partial charge in [0.2, 0.25) is 5.95 Å². The molecule has 8 heteroatoms. The number of rotatable bonds is 7. The predicted molar refractivity (Wildman–Crippen MR) is 122 cm³/mol. The fourth-order valence-corrected chi connectivity index (χ4v) is 3.58. The molecule has 1 aromatic heterocycles. The van der Waals surface area contributed by atoms with E-state index in [0.717, 1.165) is 67.2 Å². The van der Waals surface area contributed by atoms with E-state index in [2.05, 4.69) is 33.5 Å². The first-order valence-corrected chi connectivity index (χ1v) is 10.1. The molecule has 1 fully saturated rings. The maximum atomic E-state index is 7.35. The molecule has 0 radical (unpaired) electrons. The van der Waals surface area contributed by atoms with Gasteiger partial charge in [0.15, 0.2) is 0 Å². The van der Waals surface area contributed by atoms with E-state index in [9.17, 15) is 0 Å². The molecule has 0 saturated carbocycles. The number of aromatic nitrogens is 2. The van der Waals surface area contributed by atoms with Crippen LogP contribution >= 0.6 is 0 Å². The highest BCUT2D eigenvalue weighted by atomic mass is 16.5. The number of benzene rings is 2. The quantitative estimate of drug-likeness (QED) is 0.353. The molecule has 2 heterocycles. The van der Waals surface area contributed by atoms with Gasteiger partial charge in [-0.2, -0.15) is 0 Å². The molecule has 0 bridgehead atoms. The number of nitrogen functional groups attached to an aromatic ring is 1. The molecule has 0 aliphatic carbocycles. The van der Waals surface area contributed by atoms with Crippen LogP contribution in [0.3, 0.4) is 0 Å². The first-order valence-electron chi connectivity index (χ1n) is 10.1. The number of hydrogen-bond acceptors (Lipinski definition) is 8. The lowest BCUT2D eigenvalue weighted by Gasteiger charge is -2.26. The maximum Gasteiger partial charge on any atom is 0.227 e. The largest absolute Gasteiger partial charge is 0.398 e. The summed E-state index contributed by atoms with van der Waals surface area (Å²) in [6.07, 6.45) is 3.06. The minimum Gasteiger partial charge on any atom is -0.398 e. The zero-order valence-electron chi connectivity index (χ0n) is 17.1. The third kappa shape index (κ3) is 4.50. The Hall–Kier alpha value is -3.23. The van der Waals surface area contributed by atoms with Gasteiger partial charge in [-0.1, -0.05) is 0 Å². The molecule has 1 saturated heterocycles. The summed E-state index contributed by atoms with van der Waals surface area (Å²) in [4.78, 5) is 11.6. The summed E-state index contributed by atoms with van der Waals surface area (Å²) in [6, 6.07) is 9.57. The van der Waals surface area contributed by atoms with Gasteiger partial charge in [-0.05, 0) is 42.8 Å². The number of nitrogens with one attached hydrogen (secondary N) is 3. The highest BCUT2D eigenvalue weighted by molar-refractivity contribution is 5.88. The lowest BCUT2D eigenvalue weighted by atomic mass is 10.1. The minimum atomic E-state index is 0.512. The van der Waals surface area contributed by atoms with Gasteiger partial charge in [-0.3, -0.25) is 4.90 Å². The predicted octanol–water partition coefficient (Wildman–Crippen LogP) is 3.01. The number of ether oxygens (including phenoxy) is 1. The summed E-state index contributed by atoms with van der Waals surface area (Å²) in [5.41, 5.74) is 11.1. The molecule has 0 spiro atoms. The van der Waals surface area contributed by atoms with Crippen LogP contribution in [0.2, 0.25) is 0 Å². The Morgan fingerprint density at radius 2 is 2.07 bits per heavy atom. The third-order valence-corrected chi connectivity index (χ3v) is 5.35. The van der Waals surface area contributed by atoms with Crippen LogP contribution < -0.4 is 16.4 Å². The number of morpholine rings is 1. The van der Waals surface area contributed by atoms with Crippen molar-refractivity contribution in [3.8, 4) is 0 Å². The second kappa shape index (κ2) is 9.06. The molecule has 156 valence electrons. The Kier molecular flexibility index (Phi) is 6.06. The molecular formula is C22H27N7O. The van der Waals surface area contributed by atoms with Crippen LogP contribution in [0.1, 0.15) is 11.1 Å². The van der Waals surface area contributed by atoms with Gasteiger partial charge in [-0.25, -0.2) is 9.97 Å². The Morgan fingerprint density at radius 3 is 2.83 bits per heavy atom. The summed E-state index contributed by atoms with van der Waals surface area (Å²) >= 11 is 0. The van der Waals surface area contributed by atoms with Crippen LogP contribution in [-0.4, -0.2) is 60.5 Å². The van der Waals surface area contributed by atoms with Crippen molar-refractivity contribution in [2.75, 3.05) is 55.8 Å². The van der Waals surface area contributed by atoms with Gasteiger partial charge < -0.3 is 26.5 Å². The topological polar surface area (TPSA) is 112 Å². The molecule has 1 aliphatic heterocycles. The average Bonchev–Trinajstić information content (AvgIpc) is 2.77. The first-order chi connectivity index (χ1) is 14.6. The SMILES string of the molecule is Cc1c(NCCN2CCOCC2)ccc2cnc(Nc3ccc(C=N)c(N)c3)nc12. The molecule has 1 aliphatic rings. The van der Waals surface area contributed by atoms with Gasteiger partial charge in [0.1, 0.15) is 0 Å². The summed E-state index contributed by atoms with van der Waals surface area (Å²) in [5.74, 6) is 0.512. The van der Waals surface area contributed by atoms with Gasteiger partial charge in [0.25, 0.3) is 0 Å². The first kappa shape index (κ1) is 20.1. The van der Waals surface area contributed by atoms with Crippen molar-refractivity contribution < 1.29 is 4.74 Å². The molecular weight excluding hydrogens is 378 g/mol. The smallest absolute Gasteiger partial charge is 0.227 e. The minimum absolute atomic E-state index is 0.512. The van der Waals surface area contributed by atoms with Crippen molar-refractivity contribution in [1.82, 2.24) is 14.9 Å². The number of nitrogens with two attached hydrogens (primary N) is 1. The fraction of sp³-hybridized carbons (Fsp3) is 0.318. The van der Waals surface area contributed by atoms with Crippen LogP contribution in [0.5, 0.6) is 0 Å². The number of hydrogen-bond donors (Lipinski definition) is 4. The fourth-order valence-electron chi connectivity index (χ4n) is 3.58. The lowest BCUT2D eigenvalue weighted by Crippen LogP contribution is -2.39. The normalized spacial score (nSPS) is 14.6. The molecule has 30 heavy (non-hydrogen) atoms. The second-order valence-corrected chi connectivity index (χ2v) is 7.36. The van der Waals surface area contributed by atoms with E-state index in [1.54, 1.807) is 12.1 Å². The maximum absolute atomic E-state index is 7.35. The summed E-state index contributed by atoms with van der Waals surface area (Å²) in [5, 5.41) is 15.1. The number of nitrogens with zero attached hydrogens (tertiary/aromatic N) is 3. The zero-order valence-corrected chi connectivity index (χ0v) is 17.1. The Bertz CT molecular complexity index is 1050. The van der Waals surface area contributed by atoms with E-state index in [0.29, 0.717) is 17.2 Å². The van der Waals surface area contributed by atoms with Crippen molar-refractivity contribution in [3.63, 3.8) is 0 Å². The highest BCUT2D eigenvalue weighted by Crippen LogP contribution is 2.26. The molecule has 0 amide bonds. The van der Waals surface area contributed by atoms with Gasteiger partial charge in [0, 0.05) is 66.6 Å². The van der Waals surface area contributed by atoms with Crippen LogP contribution in [0.25, 0.3) is 10.9 Å². The molecule has 4 rings (SSSR count). The van der Waals surface area contributed by atoms with E-state index >= 15 is 0 Å². The molecule has 8 nitrogen and oxygen atoms in total. The van der Waals surface area contributed by atoms with Gasteiger partial charge in [0.05, 0.1) is 18.7 Å². The van der Waals surface area contributed by atoms with E-state index in [-0.39, 0.29) is 0 Å². The summed E-state index contributed by atoms with van der Waals surface area (Å²) in [6.45, 7) is 7.56. The van der Waals surface area contributed by atoms with Crippen LogP contribution in [0.4, 0.5) is 23.0 Å². The van der Waals surface area contributed by atoms with Crippen molar-refractivity contribution in [1.29, 1.82) is 5.41 Å². The van der Waals surface area contributed by atoms with Crippen molar-refractivity contribution in [3.05, 3.63) is 47.7 Å². The Labute approximate surface area is 176 Å².